The van der Waals surface area contributed by atoms with Gasteiger partial charge in [-0.25, -0.2) is 4.99 Å². The van der Waals surface area contributed by atoms with Crippen LogP contribution in [0.15, 0.2) is 35.8 Å². The lowest BCUT2D eigenvalue weighted by atomic mass is 10.0. The zero-order valence-electron chi connectivity index (χ0n) is 10.7. The summed E-state index contributed by atoms with van der Waals surface area (Å²) in [7, 11) is 0. The summed E-state index contributed by atoms with van der Waals surface area (Å²) < 4.78 is 0. The number of para-hydroxylation sites is 1. The molecule has 1 aromatic carbocycles. The number of guanidine groups is 1. The van der Waals surface area contributed by atoms with Crippen LogP contribution in [-0.4, -0.2) is 12.5 Å². The van der Waals surface area contributed by atoms with Crippen molar-refractivity contribution in [3.05, 3.63) is 42.0 Å². The van der Waals surface area contributed by atoms with Crippen LogP contribution in [0.1, 0.15) is 25.0 Å². The van der Waals surface area contributed by atoms with E-state index in [1.807, 2.05) is 0 Å². The molecule has 0 heterocycles. The van der Waals surface area contributed by atoms with Gasteiger partial charge in [-0.15, -0.1) is 6.58 Å². The van der Waals surface area contributed by atoms with Gasteiger partial charge in [0.05, 0.1) is 6.54 Å². The summed E-state index contributed by atoms with van der Waals surface area (Å²) in [4.78, 5) is 4.15. The second-order valence-corrected chi connectivity index (χ2v) is 3.80. The van der Waals surface area contributed by atoms with Gasteiger partial charge in [0, 0.05) is 5.69 Å². The van der Waals surface area contributed by atoms with E-state index in [0.29, 0.717) is 12.5 Å². The van der Waals surface area contributed by atoms with Crippen LogP contribution >= 0.6 is 0 Å². The average molecular weight is 231 g/mol. The number of nitrogens with two attached hydrogens (primary N) is 1. The molecule has 17 heavy (non-hydrogen) atoms. The van der Waals surface area contributed by atoms with Crippen molar-refractivity contribution in [1.29, 1.82) is 0 Å². The lowest BCUT2D eigenvalue weighted by molar-refractivity contribution is 1.09. The number of rotatable bonds is 5. The van der Waals surface area contributed by atoms with E-state index in [9.17, 15) is 0 Å². The number of hydrogen-bond acceptors (Lipinski definition) is 1. The van der Waals surface area contributed by atoms with Crippen LogP contribution < -0.4 is 11.1 Å². The van der Waals surface area contributed by atoms with Gasteiger partial charge < -0.3 is 11.1 Å². The molecule has 0 fully saturated rings. The van der Waals surface area contributed by atoms with Crippen LogP contribution in [0.4, 0.5) is 5.69 Å². The molecule has 0 amide bonds. The third-order valence-corrected chi connectivity index (χ3v) is 2.64. The van der Waals surface area contributed by atoms with E-state index in [-0.39, 0.29) is 0 Å². The third-order valence-electron chi connectivity index (χ3n) is 2.64. The Bertz CT molecular complexity index is 386. The highest BCUT2D eigenvalue weighted by atomic mass is 15.1. The topological polar surface area (TPSA) is 50.4 Å². The summed E-state index contributed by atoms with van der Waals surface area (Å²) in [5.41, 5.74) is 9.46. The Balaban J connectivity index is 2.98. The summed E-state index contributed by atoms with van der Waals surface area (Å²) in [6.07, 6.45) is 3.68. The first-order valence-electron chi connectivity index (χ1n) is 6.01. The number of anilines is 1. The normalized spacial score (nSPS) is 11.3. The Morgan fingerprint density at radius 2 is 1.94 bits per heavy atom. The van der Waals surface area contributed by atoms with Crippen molar-refractivity contribution >= 4 is 11.6 Å². The van der Waals surface area contributed by atoms with Crippen molar-refractivity contribution in [3.8, 4) is 0 Å². The quantitative estimate of drug-likeness (QED) is 0.465. The highest BCUT2D eigenvalue weighted by molar-refractivity contribution is 5.93. The van der Waals surface area contributed by atoms with Gasteiger partial charge in [0.2, 0.25) is 0 Å². The molecule has 0 radical (unpaired) electrons. The Kier molecular flexibility index (Phi) is 5.27. The molecule has 0 aromatic heterocycles. The predicted molar refractivity (Wildman–Crippen MR) is 75.5 cm³/mol. The van der Waals surface area contributed by atoms with Crippen molar-refractivity contribution in [1.82, 2.24) is 0 Å². The molecular weight excluding hydrogens is 210 g/mol. The zero-order valence-corrected chi connectivity index (χ0v) is 10.7. The molecule has 0 aliphatic rings. The Morgan fingerprint density at radius 1 is 1.35 bits per heavy atom. The lowest BCUT2D eigenvalue weighted by Gasteiger charge is -2.14. The van der Waals surface area contributed by atoms with Crippen LogP contribution in [0.5, 0.6) is 0 Å². The first-order valence-corrected chi connectivity index (χ1v) is 6.01. The fourth-order valence-electron chi connectivity index (χ4n) is 1.73. The second kappa shape index (κ2) is 6.74. The minimum Gasteiger partial charge on any atom is -0.370 e. The van der Waals surface area contributed by atoms with Gasteiger partial charge in [0.25, 0.3) is 0 Å². The molecule has 1 rings (SSSR count). The van der Waals surface area contributed by atoms with E-state index in [1.165, 1.54) is 11.1 Å². The van der Waals surface area contributed by atoms with Crippen LogP contribution in [0.2, 0.25) is 0 Å². The van der Waals surface area contributed by atoms with E-state index in [1.54, 1.807) is 6.08 Å². The maximum absolute atomic E-state index is 5.83. The monoisotopic (exact) mass is 231 g/mol. The fraction of sp³-hybridized carbons (Fsp3) is 0.357. The van der Waals surface area contributed by atoms with Crippen molar-refractivity contribution in [2.24, 2.45) is 10.7 Å². The van der Waals surface area contributed by atoms with E-state index in [4.69, 9.17) is 5.73 Å². The van der Waals surface area contributed by atoms with Crippen molar-refractivity contribution < 1.29 is 0 Å². The summed E-state index contributed by atoms with van der Waals surface area (Å²) >= 11 is 0. The number of nitrogens with one attached hydrogen (secondary N) is 1. The van der Waals surface area contributed by atoms with E-state index in [2.05, 4.69) is 48.9 Å². The Hall–Kier alpha value is -1.77. The lowest BCUT2D eigenvalue weighted by Crippen LogP contribution is -2.24. The maximum atomic E-state index is 5.83. The molecule has 0 atom stereocenters. The fourth-order valence-corrected chi connectivity index (χ4v) is 1.73. The molecule has 1 aromatic rings. The van der Waals surface area contributed by atoms with Crippen molar-refractivity contribution in [3.63, 3.8) is 0 Å². The molecule has 0 saturated heterocycles. The third kappa shape index (κ3) is 3.63. The van der Waals surface area contributed by atoms with Gasteiger partial charge in [-0.05, 0) is 24.0 Å². The predicted octanol–water partition coefficient (Wildman–Crippen LogP) is 2.72. The number of hydrogen-bond donors (Lipinski definition) is 2. The van der Waals surface area contributed by atoms with Crippen molar-refractivity contribution in [2.45, 2.75) is 26.7 Å². The minimum atomic E-state index is 0.445. The van der Waals surface area contributed by atoms with Gasteiger partial charge in [0.1, 0.15) is 0 Å². The zero-order chi connectivity index (χ0) is 12.7. The smallest absolute Gasteiger partial charge is 0.193 e. The van der Waals surface area contributed by atoms with Gasteiger partial charge in [0.15, 0.2) is 5.96 Å². The van der Waals surface area contributed by atoms with Crippen LogP contribution in [-0.2, 0) is 12.8 Å². The molecule has 0 bridgehead atoms. The molecule has 0 aliphatic heterocycles. The average Bonchev–Trinajstić information content (AvgIpc) is 2.36. The molecule has 3 nitrogen and oxygen atoms in total. The highest BCUT2D eigenvalue weighted by Gasteiger charge is 2.06. The summed E-state index contributed by atoms with van der Waals surface area (Å²) in [5.74, 6) is 0.445. The Labute approximate surface area is 103 Å². The molecule has 0 aliphatic carbocycles. The molecule has 0 saturated carbocycles. The van der Waals surface area contributed by atoms with E-state index < -0.39 is 0 Å². The molecular formula is C14H21N3. The number of aliphatic imine (C=N–C) groups is 1. The standard InChI is InChI=1S/C14H21N3/c1-4-10-16-14(15)17-13-11(5-2)8-7-9-12(13)6-3/h4,7-9H,1,5-6,10H2,2-3H3,(H3,15,16,17). The summed E-state index contributed by atoms with van der Waals surface area (Å²) in [6.45, 7) is 8.42. The molecule has 0 unspecified atom stereocenters. The van der Waals surface area contributed by atoms with Crippen LogP contribution in [0.25, 0.3) is 0 Å². The van der Waals surface area contributed by atoms with Gasteiger partial charge in [-0.3, -0.25) is 0 Å². The van der Waals surface area contributed by atoms with Crippen LogP contribution in [0.3, 0.4) is 0 Å². The molecule has 92 valence electrons. The number of nitrogens with zero attached hydrogens (tertiary/aromatic N) is 1. The SMILES string of the molecule is C=CCN=C(N)Nc1c(CC)cccc1CC. The Morgan fingerprint density at radius 3 is 2.41 bits per heavy atom. The highest BCUT2D eigenvalue weighted by Crippen LogP contribution is 2.22. The molecule has 0 spiro atoms. The molecule has 3 heteroatoms. The number of aryl methyl sites for hydroxylation is 2. The van der Waals surface area contributed by atoms with Crippen molar-refractivity contribution in [2.75, 3.05) is 11.9 Å². The largest absolute Gasteiger partial charge is 0.370 e. The second-order valence-electron chi connectivity index (χ2n) is 3.80. The van der Waals surface area contributed by atoms with Gasteiger partial charge in [-0.1, -0.05) is 38.1 Å². The maximum Gasteiger partial charge on any atom is 0.193 e. The first kappa shape index (κ1) is 13.3. The summed E-state index contributed by atoms with van der Waals surface area (Å²) in [5, 5.41) is 3.20. The number of benzene rings is 1. The van der Waals surface area contributed by atoms with E-state index >= 15 is 0 Å². The summed E-state index contributed by atoms with van der Waals surface area (Å²) in [6, 6.07) is 6.31. The minimum absolute atomic E-state index is 0.445. The van der Waals surface area contributed by atoms with Crippen LogP contribution in [0, 0.1) is 0 Å². The van der Waals surface area contributed by atoms with Gasteiger partial charge in [-0.2, -0.15) is 0 Å². The first-order chi connectivity index (χ1) is 8.22. The van der Waals surface area contributed by atoms with Gasteiger partial charge >= 0.3 is 0 Å². The molecule has 3 N–H and O–H groups in total. The van der Waals surface area contributed by atoms with E-state index in [0.717, 1.165) is 18.5 Å².